The summed E-state index contributed by atoms with van der Waals surface area (Å²) in [6.07, 6.45) is 15.0. The van der Waals surface area contributed by atoms with E-state index in [0.29, 0.717) is 0 Å². The molecule has 0 unspecified atom stereocenters. The lowest BCUT2D eigenvalue weighted by molar-refractivity contribution is -1.30. The summed E-state index contributed by atoms with van der Waals surface area (Å²) < 4.78 is 15.8. The van der Waals surface area contributed by atoms with Gasteiger partial charge in [-0.2, -0.15) is 0 Å². The van der Waals surface area contributed by atoms with Gasteiger partial charge in [0.1, 0.15) is 5.58 Å². The standard InChI is InChI=1S/C20H12N4O2/c1-5-22-10-18-13(1)14-3-7-23(11-19(14)26-18)24-8-4-15-16-9-21-6-2-17(16)25-20(15)12-24/h1-12H/q+2. The Morgan fingerprint density at radius 3 is 2.00 bits per heavy atom. The molecule has 6 aromatic rings. The van der Waals surface area contributed by atoms with E-state index in [9.17, 15) is 0 Å². The summed E-state index contributed by atoms with van der Waals surface area (Å²) in [5, 5.41) is 4.18. The maximum Gasteiger partial charge on any atom is 0.285 e. The number of pyridine rings is 4. The first kappa shape index (κ1) is 13.5. The monoisotopic (exact) mass is 340 g/mol. The first-order valence-corrected chi connectivity index (χ1v) is 8.22. The minimum Gasteiger partial charge on any atom is -0.449 e. The number of nitrogens with zero attached hydrogens (tertiary/aromatic N) is 4. The predicted octanol–water partition coefficient (Wildman–Crippen LogP) is 3.16. The van der Waals surface area contributed by atoms with Crippen LogP contribution in [0.5, 0.6) is 0 Å². The van der Waals surface area contributed by atoms with E-state index in [1.165, 1.54) is 0 Å². The second-order valence-corrected chi connectivity index (χ2v) is 6.15. The van der Waals surface area contributed by atoms with E-state index in [4.69, 9.17) is 8.83 Å². The van der Waals surface area contributed by atoms with Crippen LogP contribution in [0.1, 0.15) is 0 Å². The number of hydrogen-bond acceptors (Lipinski definition) is 4. The number of furan rings is 2. The van der Waals surface area contributed by atoms with Gasteiger partial charge in [-0.05, 0) is 12.1 Å². The minimum atomic E-state index is 0.783. The van der Waals surface area contributed by atoms with Crippen molar-refractivity contribution in [3.63, 3.8) is 0 Å². The lowest BCUT2D eigenvalue weighted by atomic mass is 10.2. The predicted molar refractivity (Wildman–Crippen MR) is 94.2 cm³/mol. The van der Waals surface area contributed by atoms with Crippen molar-refractivity contribution in [1.82, 2.24) is 9.97 Å². The molecule has 0 aromatic carbocycles. The van der Waals surface area contributed by atoms with Gasteiger partial charge in [-0.1, -0.05) is 0 Å². The van der Waals surface area contributed by atoms with Crippen LogP contribution >= 0.6 is 0 Å². The van der Waals surface area contributed by atoms with E-state index >= 15 is 0 Å². The Balaban J connectivity index is 1.57. The molecule has 26 heavy (non-hydrogen) atoms. The fourth-order valence-corrected chi connectivity index (χ4v) is 3.42. The Labute approximate surface area is 146 Å². The Morgan fingerprint density at radius 2 is 1.19 bits per heavy atom. The van der Waals surface area contributed by atoms with Crippen LogP contribution in [0.15, 0.2) is 82.7 Å². The van der Waals surface area contributed by atoms with E-state index in [2.05, 4.69) is 9.97 Å². The second-order valence-electron chi connectivity index (χ2n) is 6.15. The molecule has 6 heterocycles. The van der Waals surface area contributed by atoms with E-state index in [0.717, 1.165) is 43.9 Å². The van der Waals surface area contributed by atoms with Crippen LogP contribution in [0.25, 0.3) is 43.9 Å². The van der Waals surface area contributed by atoms with Crippen molar-refractivity contribution in [1.29, 1.82) is 0 Å². The highest BCUT2D eigenvalue weighted by Crippen LogP contribution is 2.27. The zero-order valence-corrected chi connectivity index (χ0v) is 13.5. The second kappa shape index (κ2) is 4.86. The minimum absolute atomic E-state index is 0.783. The molecule has 0 aliphatic heterocycles. The van der Waals surface area contributed by atoms with Crippen LogP contribution in [0.3, 0.4) is 0 Å². The highest BCUT2D eigenvalue weighted by Gasteiger charge is 2.20. The van der Waals surface area contributed by atoms with Gasteiger partial charge in [0.25, 0.3) is 12.4 Å². The normalized spacial score (nSPS) is 11.8. The maximum absolute atomic E-state index is 5.94. The van der Waals surface area contributed by atoms with Crippen molar-refractivity contribution in [3.05, 3.63) is 73.8 Å². The van der Waals surface area contributed by atoms with Gasteiger partial charge in [-0.25, -0.2) is 0 Å². The molecule has 0 N–H and O–H groups in total. The van der Waals surface area contributed by atoms with Crippen LogP contribution in [0, 0.1) is 0 Å². The van der Waals surface area contributed by atoms with E-state index in [1.807, 2.05) is 64.6 Å². The lowest BCUT2D eigenvalue weighted by Crippen LogP contribution is -2.65. The van der Waals surface area contributed by atoms with Crippen LogP contribution < -0.4 is 9.35 Å². The first-order valence-electron chi connectivity index (χ1n) is 8.22. The number of hydrogen-bond donors (Lipinski definition) is 0. The summed E-state index contributed by atoms with van der Waals surface area (Å²) in [6.45, 7) is 0. The Kier molecular flexibility index (Phi) is 2.52. The molecule has 0 radical (unpaired) electrons. The van der Waals surface area contributed by atoms with Crippen LogP contribution in [-0.2, 0) is 0 Å². The van der Waals surface area contributed by atoms with Gasteiger partial charge in [0.15, 0.2) is 5.58 Å². The summed E-state index contributed by atoms with van der Waals surface area (Å²) in [6, 6.07) is 7.91. The Hall–Kier alpha value is -3.80. The average molecular weight is 340 g/mol. The average Bonchev–Trinajstić information content (AvgIpc) is 3.24. The van der Waals surface area contributed by atoms with E-state index < -0.39 is 0 Å². The molecule has 6 rings (SSSR count). The third-order valence-corrected chi connectivity index (χ3v) is 4.67. The van der Waals surface area contributed by atoms with Gasteiger partial charge < -0.3 is 8.83 Å². The molecule has 0 aliphatic rings. The summed E-state index contributed by atoms with van der Waals surface area (Å²) in [7, 11) is 0. The molecule has 6 aromatic heterocycles. The molecule has 0 saturated heterocycles. The third-order valence-electron chi connectivity index (χ3n) is 4.67. The Bertz CT molecular complexity index is 1340. The van der Waals surface area contributed by atoms with Gasteiger partial charge in [0.2, 0.25) is 23.6 Å². The van der Waals surface area contributed by atoms with Crippen molar-refractivity contribution in [3.8, 4) is 0 Å². The molecule has 122 valence electrons. The highest BCUT2D eigenvalue weighted by molar-refractivity contribution is 6.04. The fraction of sp³-hybridized carbons (Fsp3) is 0. The SMILES string of the molecule is c1cc2c(cn1)oc1c[n+](-[n+]3ccc4c(c3)oc3ccncc34)ccc12. The van der Waals surface area contributed by atoms with E-state index in [-0.39, 0.29) is 0 Å². The molecule has 0 saturated carbocycles. The number of fused-ring (bicyclic) bond motifs is 6. The molecular formula is C20H12N4O2+2. The molecule has 0 atom stereocenters. The third kappa shape index (κ3) is 1.81. The lowest BCUT2D eigenvalue weighted by Gasteiger charge is -1.90. The number of aromatic nitrogens is 4. The molecule has 0 aliphatic carbocycles. The van der Waals surface area contributed by atoms with Crippen LogP contribution in [0.4, 0.5) is 0 Å². The van der Waals surface area contributed by atoms with Gasteiger partial charge in [-0.15, -0.1) is 0 Å². The van der Waals surface area contributed by atoms with Crippen molar-refractivity contribution in [2.75, 3.05) is 0 Å². The zero-order valence-electron chi connectivity index (χ0n) is 13.5. The fourth-order valence-electron chi connectivity index (χ4n) is 3.42. The smallest absolute Gasteiger partial charge is 0.285 e. The van der Waals surface area contributed by atoms with Crippen LogP contribution in [0.2, 0.25) is 0 Å². The molecule has 6 heteroatoms. The van der Waals surface area contributed by atoms with Gasteiger partial charge in [0, 0.05) is 52.3 Å². The van der Waals surface area contributed by atoms with Crippen molar-refractivity contribution in [2.45, 2.75) is 0 Å². The zero-order chi connectivity index (χ0) is 17.1. The van der Waals surface area contributed by atoms with Gasteiger partial charge >= 0.3 is 0 Å². The maximum atomic E-state index is 5.94. The van der Waals surface area contributed by atoms with E-state index in [1.54, 1.807) is 18.6 Å². The number of rotatable bonds is 1. The molecule has 0 amide bonds. The molecule has 0 spiro atoms. The molecular weight excluding hydrogens is 328 g/mol. The highest BCUT2D eigenvalue weighted by atomic mass is 16.3. The molecule has 6 nitrogen and oxygen atoms in total. The quantitative estimate of drug-likeness (QED) is 0.431. The van der Waals surface area contributed by atoms with Gasteiger partial charge in [0.05, 0.1) is 15.5 Å². The topological polar surface area (TPSA) is 59.8 Å². The van der Waals surface area contributed by atoms with Crippen molar-refractivity contribution in [2.24, 2.45) is 0 Å². The van der Waals surface area contributed by atoms with Crippen LogP contribution in [-0.4, -0.2) is 9.97 Å². The summed E-state index contributed by atoms with van der Waals surface area (Å²) in [4.78, 5) is 8.30. The summed E-state index contributed by atoms with van der Waals surface area (Å²) >= 11 is 0. The van der Waals surface area contributed by atoms with Crippen molar-refractivity contribution >= 4 is 43.9 Å². The first-order chi connectivity index (χ1) is 12.9. The summed E-state index contributed by atoms with van der Waals surface area (Å²) in [5.41, 5.74) is 3.22. The summed E-state index contributed by atoms with van der Waals surface area (Å²) in [5.74, 6) is 0. The Morgan fingerprint density at radius 1 is 0.577 bits per heavy atom. The molecule has 0 fully saturated rings. The van der Waals surface area contributed by atoms with Gasteiger partial charge in [-0.3, -0.25) is 9.97 Å². The van der Waals surface area contributed by atoms with Crippen molar-refractivity contribution < 1.29 is 18.2 Å². The largest absolute Gasteiger partial charge is 0.449 e. The molecule has 0 bridgehead atoms.